The van der Waals surface area contributed by atoms with Gasteiger partial charge in [-0.15, -0.1) is 0 Å². The van der Waals surface area contributed by atoms with Crippen molar-refractivity contribution in [1.82, 2.24) is 9.80 Å². The smallest absolute Gasteiger partial charge is 0.123 e. The molecule has 1 fully saturated rings. The van der Waals surface area contributed by atoms with Crippen molar-refractivity contribution in [2.45, 2.75) is 25.8 Å². The Hall–Kier alpha value is -2.96. The van der Waals surface area contributed by atoms with Gasteiger partial charge in [-0.1, -0.05) is 30.3 Å². The van der Waals surface area contributed by atoms with Crippen LogP contribution in [-0.2, 0) is 6.42 Å². The Morgan fingerprint density at radius 1 is 0.848 bits per heavy atom. The molecule has 1 saturated heterocycles. The van der Waals surface area contributed by atoms with Crippen LogP contribution in [-0.4, -0.2) is 47.6 Å². The molecule has 0 aromatic heterocycles. The third kappa shape index (κ3) is 5.52. The largest absolute Gasteiger partial charge is 0.508 e. The average molecular weight is 452 g/mol. The van der Waals surface area contributed by atoms with E-state index >= 15 is 0 Å². The third-order valence-corrected chi connectivity index (χ3v) is 6.59. The molecule has 0 spiro atoms. The summed E-state index contributed by atoms with van der Waals surface area (Å²) in [5, 5.41) is 10.2. The van der Waals surface area contributed by atoms with Crippen LogP contribution >= 0.6 is 0 Å². The van der Waals surface area contributed by atoms with Crippen molar-refractivity contribution in [3.8, 4) is 5.75 Å². The number of hydrogen-bond acceptors (Lipinski definition) is 4. The molecular formula is C27H31F2N3O. The summed E-state index contributed by atoms with van der Waals surface area (Å²) in [5.41, 5.74) is 10.7. The summed E-state index contributed by atoms with van der Waals surface area (Å²) < 4.78 is 27.0. The Kier molecular flexibility index (Phi) is 7.26. The minimum Gasteiger partial charge on any atom is -0.508 e. The van der Waals surface area contributed by atoms with Gasteiger partial charge in [-0.3, -0.25) is 4.90 Å². The van der Waals surface area contributed by atoms with E-state index in [1.165, 1.54) is 24.3 Å². The molecule has 0 saturated carbocycles. The molecular weight excluding hydrogens is 420 g/mol. The van der Waals surface area contributed by atoms with Crippen LogP contribution < -0.4 is 5.73 Å². The number of aromatic hydroxyl groups is 1. The molecule has 0 amide bonds. The first kappa shape index (κ1) is 23.2. The van der Waals surface area contributed by atoms with Gasteiger partial charge in [0.25, 0.3) is 0 Å². The molecule has 0 bridgehead atoms. The molecule has 0 atom stereocenters. The summed E-state index contributed by atoms with van der Waals surface area (Å²) in [4.78, 5) is 4.80. The van der Waals surface area contributed by atoms with E-state index in [1.54, 1.807) is 6.07 Å². The molecule has 0 unspecified atom stereocenters. The van der Waals surface area contributed by atoms with Gasteiger partial charge in [0.05, 0.1) is 6.04 Å². The zero-order valence-corrected chi connectivity index (χ0v) is 19.0. The molecule has 4 rings (SSSR count). The van der Waals surface area contributed by atoms with E-state index in [0.29, 0.717) is 5.69 Å². The van der Waals surface area contributed by atoms with E-state index in [9.17, 15) is 13.9 Å². The summed E-state index contributed by atoms with van der Waals surface area (Å²) in [6.07, 6.45) is 1.66. The number of nitrogens with zero attached hydrogens (tertiary/aromatic N) is 2. The topological polar surface area (TPSA) is 52.7 Å². The van der Waals surface area contributed by atoms with E-state index in [-0.39, 0.29) is 23.4 Å². The van der Waals surface area contributed by atoms with Gasteiger partial charge in [-0.25, -0.2) is 8.78 Å². The van der Waals surface area contributed by atoms with E-state index in [2.05, 4.69) is 9.80 Å². The zero-order valence-electron chi connectivity index (χ0n) is 19.0. The Bertz CT molecular complexity index is 1020. The standard InChI is InChI=1S/C27H31F2N3O/c1-19-4-13-25(33)24(26(19)30)3-2-14-31-15-17-32(18-16-31)27(20-5-9-22(28)10-6-20)21-7-11-23(29)12-8-21/h4-13,27,33H,2-3,14-18,30H2,1H3. The molecule has 0 radical (unpaired) electrons. The predicted octanol–water partition coefficient (Wildman–Crippen LogP) is 4.90. The maximum atomic E-state index is 13.5. The molecule has 1 aliphatic heterocycles. The second kappa shape index (κ2) is 10.3. The van der Waals surface area contributed by atoms with Gasteiger partial charge >= 0.3 is 0 Å². The summed E-state index contributed by atoms with van der Waals surface area (Å²) >= 11 is 0. The molecule has 4 nitrogen and oxygen atoms in total. The fraction of sp³-hybridized carbons (Fsp3) is 0.333. The SMILES string of the molecule is Cc1ccc(O)c(CCCN2CCN(C(c3ccc(F)cc3)c3ccc(F)cc3)CC2)c1N. The van der Waals surface area contributed by atoms with Crippen LogP contribution in [0.2, 0.25) is 0 Å². The van der Waals surface area contributed by atoms with E-state index in [0.717, 1.165) is 67.8 Å². The number of benzene rings is 3. The number of nitrogens with two attached hydrogens (primary N) is 1. The predicted molar refractivity (Wildman–Crippen MR) is 128 cm³/mol. The maximum Gasteiger partial charge on any atom is 0.123 e. The van der Waals surface area contributed by atoms with E-state index < -0.39 is 0 Å². The highest BCUT2D eigenvalue weighted by atomic mass is 19.1. The summed E-state index contributed by atoms with van der Waals surface area (Å²) in [5.74, 6) is -0.257. The number of hydrogen-bond donors (Lipinski definition) is 2. The fourth-order valence-corrected chi connectivity index (χ4v) is 4.66. The van der Waals surface area contributed by atoms with Crippen molar-refractivity contribution in [3.05, 3.63) is 94.6 Å². The monoisotopic (exact) mass is 451 g/mol. The highest BCUT2D eigenvalue weighted by molar-refractivity contribution is 5.58. The molecule has 33 heavy (non-hydrogen) atoms. The van der Waals surface area contributed by atoms with Crippen LogP contribution in [0.15, 0.2) is 60.7 Å². The molecule has 174 valence electrons. The quantitative estimate of drug-likeness (QED) is 0.502. The first-order valence-electron chi connectivity index (χ1n) is 11.5. The fourth-order valence-electron chi connectivity index (χ4n) is 4.66. The van der Waals surface area contributed by atoms with Crippen LogP contribution in [0.1, 0.15) is 34.7 Å². The van der Waals surface area contributed by atoms with Gasteiger partial charge < -0.3 is 15.7 Å². The second-order valence-electron chi connectivity index (χ2n) is 8.78. The van der Waals surface area contributed by atoms with Crippen LogP contribution in [0.3, 0.4) is 0 Å². The lowest BCUT2D eigenvalue weighted by atomic mass is 9.96. The Labute approximate surface area is 194 Å². The molecule has 3 N–H and O–H groups in total. The normalized spacial score (nSPS) is 15.3. The Balaban J connectivity index is 1.39. The van der Waals surface area contributed by atoms with Crippen molar-refractivity contribution in [2.75, 3.05) is 38.5 Å². The number of nitrogen functional groups attached to an aromatic ring is 1. The summed E-state index contributed by atoms with van der Waals surface area (Å²) in [7, 11) is 0. The van der Waals surface area contributed by atoms with Gasteiger partial charge in [0, 0.05) is 37.4 Å². The van der Waals surface area contributed by atoms with Crippen molar-refractivity contribution < 1.29 is 13.9 Å². The van der Waals surface area contributed by atoms with Crippen LogP contribution in [0.25, 0.3) is 0 Å². The Morgan fingerprint density at radius 3 is 1.94 bits per heavy atom. The van der Waals surface area contributed by atoms with Crippen LogP contribution in [0.5, 0.6) is 5.75 Å². The van der Waals surface area contributed by atoms with Gasteiger partial charge in [0.1, 0.15) is 17.4 Å². The number of phenolic OH excluding ortho intramolecular Hbond substituents is 1. The molecule has 3 aromatic carbocycles. The van der Waals surface area contributed by atoms with Gasteiger partial charge in [0.15, 0.2) is 0 Å². The molecule has 0 aliphatic carbocycles. The number of aryl methyl sites for hydroxylation is 1. The van der Waals surface area contributed by atoms with Gasteiger partial charge in [-0.05, 0) is 73.3 Å². The van der Waals surface area contributed by atoms with E-state index in [4.69, 9.17) is 5.73 Å². The second-order valence-corrected chi connectivity index (χ2v) is 8.78. The molecule has 1 aliphatic rings. The number of rotatable bonds is 7. The lowest BCUT2D eigenvalue weighted by Gasteiger charge is -2.40. The highest BCUT2D eigenvalue weighted by Crippen LogP contribution is 2.31. The number of halogens is 2. The number of piperazine rings is 1. The minimum absolute atomic E-state index is 0.0441. The lowest BCUT2D eigenvalue weighted by Crippen LogP contribution is -2.48. The van der Waals surface area contributed by atoms with Crippen molar-refractivity contribution >= 4 is 5.69 Å². The molecule has 1 heterocycles. The van der Waals surface area contributed by atoms with Crippen molar-refractivity contribution in [2.24, 2.45) is 0 Å². The first-order valence-corrected chi connectivity index (χ1v) is 11.5. The number of anilines is 1. The lowest BCUT2D eigenvalue weighted by molar-refractivity contribution is 0.108. The summed E-state index contributed by atoms with van der Waals surface area (Å²) in [6.45, 7) is 6.42. The van der Waals surface area contributed by atoms with Crippen molar-refractivity contribution in [3.63, 3.8) is 0 Å². The molecule has 6 heteroatoms. The van der Waals surface area contributed by atoms with Gasteiger partial charge in [0.2, 0.25) is 0 Å². The third-order valence-electron chi connectivity index (χ3n) is 6.59. The molecule has 3 aromatic rings. The van der Waals surface area contributed by atoms with Crippen molar-refractivity contribution in [1.29, 1.82) is 0 Å². The highest BCUT2D eigenvalue weighted by Gasteiger charge is 2.26. The van der Waals surface area contributed by atoms with E-state index in [1.807, 2.05) is 37.3 Å². The van der Waals surface area contributed by atoms with Gasteiger partial charge in [-0.2, -0.15) is 0 Å². The summed E-state index contributed by atoms with van der Waals surface area (Å²) in [6, 6.07) is 16.7. The minimum atomic E-state index is -0.262. The average Bonchev–Trinajstić information content (AvgIpc) is 2.82. The van der Waals surface area contributed by atoms with Crippen LogP contribution in [0.4, 0.5) is 14.5 Å². The Morgan fingerprint density at radius 2 is 1.39 bits per heavy atom. The van der Waals surface area contributed by atoms with Crippen LogP contribution in [0, 0.1) is 18.6 Å². The zero-order chi connectivity index (χ0) is 23.4. The maximum absolute atomic E-state index is 13.5. The number of phenols is 1. The first-order chi connectivity index (χ1) is 15.9.